The third-order valence-electron chi connectivity index (χ3n) is 4.37. The Morgan fingerprint density at radius 2 is 2.05 bits per heavy atom. The molecule has 1 heterocycles. The fourth-order valence-electron chi connectivity index (χ4n) is 2.97. The van der Waals surface area contributed by atoms with Gasteiger partial charge < -0.3 is 24.6 Å². The number of carbonyl (C=O) groups is 1. The van der Waals surface area contributed by atoms with Crippen LogP contribution in [0, 0.1) is 5.41 Å². The van der Waals surface area contributed by atoms with Crippen LogP contribution in [0.2, 0.25) is 0 Å². The molecule has 3 rings (SSSR count). The Balaban J connectivity index is 1.46. The number of fused-ring (bicyclic) bond motifs is 1. The van der Waals surface area contributed by atoms with Gasteiger partial charge in [0.15, 0.2) is 18.1 Å². The first-order valence-electron chi connectivity index (χ1n) is 7.61. The largest absolute Gasteiger partial charge is 0.484 e. The van der Waals surface area contributed by atoms with Crippen LogP contribution >= 0.6 is 0 Å². The maximum Gasteiger partial charge on any atom is 0.257 e. The van der Waals surface area contributed by atoms with E-state index in [1.54, 1.807) is 18.2 Å². The molecule has 1 aliphatic heterocycles. The van der Waals surface area contributed by atoms with Gasteiger partial charge in [0.2, 0.25) is 6.79 Å². The minimum absolute atomic E-state index is 0.0544. The molecule has 1 saturated carbocycles. The van der Waals surface area contributed by atoms with E-state index in [4.69, 9.17) is 14.2 Å². The Bertz CT molecular complexity index is 539. The predicted octanol–water partition coefficient (Wildman–Crippen LogP) is 1.46. The van der Waals surface area contributed by atoms with Gasteiger partial charge in [-0.05, 0) is 25.0 Å². The molecule has 0 atom stereocenters. The third-order valence-corrected chi connectivity index (χ3v) is 4.37. The Morgan fingerprint density at radius 1 is 1.27 bits per heavy atom. The average Bonchev–Trinajstić information content (AvgIpc) is 3.20. The van der Waals surface area contributed by atoms with Gasteiger partial charge in [0.05, 0.1) is 6.61 Å². The SMILES string of the molecule is O=C(COc1ccc2c(c1)OCO2)NCC1(CO)CCCC1. The molecule has 1 fully saturated rings. The number of hydrogen-bond acceptors (Lipinski definition) is 5. The van der Waals surface area contributed by atoms with Crippen molar-refractivity contribution >= 4 is 5.91 Å². The van der Waals surface area contributed by atoms with E-state index in [0.717, 1.165) is 25.7 Å². The summed E-state index contributed by atoms with van der Waals surface area (Å²) in [4.78, 5) is 11.9. The zero-order valence-electron chi connectivity index (χ0n) is 12.5. The van der Waals surface area contributed by atoms with Crippen LogP contribution in [0.15, 0.2) is 18.2 Å². The number of hydrogen-bond donors (Lipinski definition) is 2. The Hall–Kier alpha value is -1.95. The predicted molar refractivity (Wildman–Crippen MR) is 79.1 cm³/mol. The smallest absolute Gasteiger partial charge is 0.257 e. The fraction of sp³-hybridized carbons (Fsp3) is 0.562. The summed E-state index contributed by atoms with van der Waals surface area (Å²) >= 11 is 0. The molecule has 6 nitrogen and oxygen atoms in total. The van der Waals surface area contributed by atoms with Crippen LogP contribution in [0.25, 0.3) is 0 Å². The van der Waals surface area contributed by atoms with Crippen LogP contribution in [-0.4, -0.2) is 37.6 Å². The van der Waals surface area contributed by atoms with Crippen LogP contribution in [-0.2, 0) is 4.79 Å². The lowest BCUT2D eigenvalue weighted by atomic mass is 9.87. The molecule has 0 saturated heterocycles. The number of ether oxygens (including phenoxy) is 3. The van der Waals surface area contributed by atoms with Gasteiger partial charge in [-0.3, -0.25) is 4.79 Å². The second-order valence-corrected chi connectivity index (χ2v) is 5.95. The highest BCUT2D eigenvalue weighted by Gasteiger charge is 2.33. The summed E-state index contributed by atoms with van der Waals surface area (Å²) in [5, 5.41) is 12.4. The molecule has 2 aliphatic rings. The van der Waals surface area contributed by atoms with Crippen molar-refractivity contribution < 1.29 is 24.1 Å². The second kappa shape index (κ2) is 6.44. The van der Waals surface area contributed by atoms with Crippen LogP contribution in [0.5, 0.6) is 17.2 Å². The van der Waals surface area contributed by atoms with E-state index < -0.39 is 0 Å². The normalized spacial score (nSPS) is 18.2. The topological polar surface area (TPSA) is 77.0 Å². The molecule has 2 N–H and O–H groups in total. The number of amides is 1. The van der Waals surface area contributed by atoms with E-state index in [0.29, 0.717) is 23.8 Å². The third kappa shape index (κ3) is 3.27. The van der Waals surface area contributed by atoms with Crippen molar-refractivity contribution in [3.63, 3.8) is 0 Å². The second-order valence-electron chi connectivity index (χ2n) is 5.95. The van der Waals surface area contributed by atoms with E-state index in [1.165, 1.54) is 0 Å². The quantitative estimate of drug-likeness (QED) is 0.832. The van der Waals surface area contributed by atoms with Gasteiger partial charge in [-0.15, -0.1) is 0 Å². The lowest BCUT2D eigenvalue weighted by Crippen LogP contribution is -2.40. The fourth-order valence-corrected chi connectivity index (χ4v) is 2.97. The van der Waals surface area contributed by atoms with E-state index >= 15 is 0 Å². The van der Waals surface area contributed by atoms with Crippen molar-refractivity contribution in [2.45, 2.75) is 25.7 Å². The first-order chi connectivity index (χ1) is 10.7. The number of aliphatic hydroxyl groups excluding tert-OH is 1. The van der Waals surface area contributed by atoms with Gasteiger partial charge in [0, 0.05) is 18.0 Å². The summed E-state index contributed by atoms with van der Waals surface area (Å²) in [5.41, 5.74) is -0.144. The van der Waals surface area contributed by atoms with Gasteiger partial charge in [-0.25, -0.2) is 0 Å². The monoisotopic (exact) mass is 307 g/mol. The summed E-state index contributed by atoms with van der Waals surface area (Å²) in [6.07, 6.45) is 4.16. The lowest BCUT2D eigenvalue weighted by Gasteiger charge is -2.26. The van der Waals surface area contributed by atoms with E-state index in [9.17, 15) is 9.90 Å². The molecule has 120 valence electrons. The summed E-state index contributed by atoms with van der Waals surface area (Å²) in [6.45, 7) is 0.785. The van der Waals surface area contributed by atoms with Crippen molar-refractivity contribution in [3.8, 4) is 17.2 Å². The van der Waals surface area contributed by atoms with Crippen molar-refractivity contribution in [1.82, 2.24) is 5.32 Å². The van der Waals surface area contributed by atoms with Crippen LogP contribution in [0.4, 0.5) is 0 Å². The lowest BCUT2D eigenvalue weighted by molar-refractivity contribution is -0.123. The highest BCUT2D eigenvalue weighted by Crippen LogP contribution is 2.37. The molecular weight excluding hydrogens is 286 g/mol. The number of aliphatic hydroxyl groups is 1. The molecular formula is C16H21NO5. The first-order valence-corrected chi connectivity index (χ1v) is 7.61. The van der Waals surface area contributed by atoms with Crippen molar-refractivity contribution in [2.24, 2.45) is 5.41 Å². The van der Waals surface area contributed by atoms with Crippen LogP contribution in [0.3, 0.4) is 0 Å². The summed E-state index contributed by atoms with van der Waals surface area (Å²) in [7, 11) is 0. The molecule has 0 radical (unpaired) electrons. The van der Waals surface area contributed by atoms with Crippen LogP contribution in [0.1, 0.15) is 25.7 Å². The number of benzene rings is 1. The molecule has 1 amide bonds. The standard InChI is InChI=1S/C16H21NO5/c18-10-16(5-1-2-6-16)9-17-15(19)8-20-12-3-4-13-14(7-12)22-11-21-13/h3-4,7,18H,1-2,5-6,8-11H2,(H,17,19). The van der Waals surface area contributed by atoms with E-state index in [-0.39, 0.29) is 31.3 Å². The Kier molecular flexibility index (Phi) is 4.38. The Labute approximate surface area is 129 Å². The minimum atomic E-state index is -0.183. The molecule has 0 aromatic heterocycles. The molecule has 0 unspecified atom stereocenters. The highest BCUT2D eigenvalue weighted by atomic mass is 16.7. The maximum atomic E-state index is 11.9. The zero-order valence-corrected chi connectivity index (χ0v) is 12.5. The average molecular weight is 307 g/mol. The zero-order chi connectivity index (χ0) is 15.4. The molecule has 1 aliphatic carbocycles. The molecule has 6 heteroatoms. The van der Waals surface area contributed by atoms with Gasteiger partial charge in [0.1, 0.15) is 5.75 Å². The number of carbonyl (C=O) groups excluding carboxylic acids is 1. The van der Waals surface area contributed by atoms with Crippen molar-refractivity contribution in [1.29, 1.82) is 0 Å². The van der Waals surface area contributed by atoms with Gasteiger partial charge in [-0.1, -0.05) is 12.8 Å². The maximum absolute atomic E-state index is 11.9. The van der Waals surface area contributed by atoms with Gasteiger partial charge in [0.25, 0.3) is 5.91 Å². The van der Waals surface area contributed by atoms with E-state index in [2.05, 4.69) is 5.32 Å². The summed E-state index contributed by atoms with van der Waals surface area (Å²) in [6, 6.07) is 5.21. The summed E-state index contributed by atoms with van der Waals surface area (Å²) < 4.78 is 15.9. The molecule has 1 aromatic rings. The molecule has 0 bridgehead atoms. The van der Waals surface area contributed by atoms with Crippen LogP contribution < -0.4 is 19.5 Å². The Morgan fingerprint density at radius 3 is 2.82 bits per heavy atom. The number of rotatable bonds is 6. The molecule has 1 aromatic carbocycles. The van der Waals surface area contributed by atoms with Gasteiger partial charge >= 0.3 is 0 Å². The summed E-state index contributed by atoms with van der Waals surface area (Å²) in [5.74, 6) is 1.69. The van der Waals surface area contributed by atoms with Crippen molar-refractivity contribution in [2.75, 3.05) is 26.6 Å². The minimum Gasteiger partial charge on any atom is -0.484 e. The number of nitrogens with one attached hydrogen (secondary N) is 1. The van der Waals surface area contributed by atoms with E-state index in [1.807, 2.05) is 0 Å². The van der Waals surface area contributed by atoms with Crippen molar-refractivity contribution in [3.05, 3.63) is 18.2 Å². The highest BCUT2D eigenvalue weighted by molar-refractivity contribution is 5.77. The molecule has 0 spiro atoms. The first kappa shape index (κ1) is 15.0. The van der Waals surface area contributed by atoms with Gasteiger partial charge in [-0.2, -0.15) is 0 Å². The molecule has 22 heavy (non-hydrogen) atoms.